The summed E-state index contributed by atoms with van der Waals surface area (Å²) in [5, 5.41) is 0.732. The lowest BCUT2D eigenvalue weighted by atomic mass is 10.0. The highest BCUT2D eigenvalue weighted by Crippen LogP contribution is 2.29. The van der Waals surface area contributed by atoms with Gasteiger partial charge in [0.1, 0.15) is 6.04 Å². The molecule has 2 aliphatic heterocycles. The molecule has 0 aliphatic carbocycles. The Labute approximate surface area is 171 Å². The number of aryl methyl sites for hydroxylation is 1. The van der Waals surface area contributed by atoms with E-state index in [2.05, 4.69) is 53.9 Å². The Balaban J connectivity index is 1.38. The number of benzene rings is 2. The minimum absolute atomic E-state index is 0.0497. The van der Waals surface area contributed by atoms with Crippen molar-refractivity contribution in [3.63, 3.8) is 0 Å². The predicted octanol–water partition coefficient (Wildman–Crippen LogP) is 3.29. The number of nitrogens with one attached hydrogen (secondary N) is 2. The summed E-state index contributed by atoms with van der Waals surface area (Å²) in [6.07, 6.45) is 0.703. The summed E-state index contributed by atoms with van der Waals surface area (Å²) < 4.78 is 0. The van der Waals surface area contributed by atoms with E-state index in [0.717, 1.165) is 30.2 Å². The van der Waals surface area contributed by atoms with E-state index >= 15 is 0 Å². The van der Waals surface area contributed by atoms with Gasteiger partial charge in [-0.15, -0.1) is 0 Å². The molecule has 0 saturated carbocycles. The Morgan fingerprint density at radius 2 is 1.93 bits per heavy atom. The lowest BCUT2D eigenvalue weighted by molar-refractivity contribution is -0.134. The number of hydrogen-bond acceptors (Lipinski definition) is 4. The summed E-state index contributed by atoms with van der Waals surface area (Å²) in [5.74, 6) is 0.165. The van der Waals surface area contributed by atoms with Crippen molar-refractivity contribution in [1.29, 1.82) is 0 Å². The molecule has 2 fully saturated rings. The van der Waals surface area contributed by atoms with Crippen LogP contribution in [0.4, 0.5) is 5.69 Å². The number of hydrazine groups is 1. The summed E-state index contributed by atoms with van der Waals surface area (Å²) in [5.41, 5.74) is 9.95. The molecule has 2 heterocycles. The second kappa shape index (κ2) is 8.11. The van der Waals surface area contributed by atoms with Crippen LogP contribution >= 0.6 is 11.6 Å². The summed E-state index contributed by atoms with van der Waals surface area (Å²) in [6.45, 7) is 6.63. The smallest absolute Gasteiger partial charge is 0.241 e. The van der Waals surface area contributed by atoms with Crippen LogP contribution in [0.15, 0.2) is 48.5 Å². The third-order valence-electron chi connectivity index (χ3n) is 5.75. The molecule has 0 bridgehead atoms. The molecule has 1 amide bonds. The number of halogens is 1. The van der Waals surface area contributed by atoms with E-state index in [9.17, 15) is 4.79 Å². The van der Waals surface area contributed by atoms with Crippen molar-refractivity contribution >= 4 is 23.2 Å². The van der Waals surface area contributed by atoms with E-state index in [1.807, 2.05) is 29.2 Å². The Morgan fingerprint density at radius 1 is 1.11 bits per heavy atom. The number of piperazine rings is 1. The summed E-state index contributed by atoms with van der Waals surface area (Å²) in [6, 6.07) is 16.5. The molecular formula is C22H27ClN4O. The zero-order valence-electron chi connectivity index (χ0n) is 16.4. The minimum Gasteiger partial charge on any atom is -0.365 e. The number of nitrogens with zero attached hydrogens (tertiary/aromatic N) is 2. The van der Waals surface area contributed by atoms with Gasteiger partial charge in [-0.2, -0.15) is 0 Å². The van der Waals surface area contributed by atoms with Gasteiger partial charge in [-0.25, -0.2) is 10.9 Å². The van der Waals surface area contributed by atoms with Gasteiger partial charge in [0.05, 0.1) is 0 Å². The molecule has 2 aromatic carbocycles. The topological polar surface area (TPSA) is 47.6 Å². The standard InChI is InChI=1S/C22H27ClN4O/c1-15-6-5-7-17(12-15)27-11-10-26(14-16(27)2)22(28)21-13-20(24-25-21)18-8-3-4-9-19(18)23/h3-9,12,16,20-21,24-25H,10-11,13-14H2,1-2H3. The third-order valence-corrected chi connectivity index (χ3v) is 6.10. The number of rotatable bonds is 3. The van der Waals surface area contributed by atoms with Crippen LogP contribution in [0.2, 0.25) is 5.02 Å². The summed E-state index contributed by atoms with van der Waals surface area (Å²) in [4.78, 5) is 17.5. The number of anilines is 1. The molecule has 5 nitrogen and oxygen atoms in total. The van der Waals surface area contributed by atoms with E-state index in [0.29, 0.717) is 6.42 Å². The molecule has 0 radical (unpaired) electrons. The normalized spacial score (nSPS) is 25.2. The highest BCUT2D eigenvalue weighted by molar-refractivity contribution is 6.31. The molecule has 6 heteroatoms. The third kappa shape index (κ3) is 3.88. The first kappa shape index (κ1) is 19.2. The van der Waals surface area contributed by atoms with E-state index in [1.54, 1.807) is 0 Å². The Kier molecular flexibility index (Phi) is 5.58. The second-order valence-corrected chi connectivity index (χ2v) is 8.22. The van der Waals surface area contributed by atoms with Crippen LogP contribution in [0.25, 0.3) is 0 Å². The lowest BCUT2D eigenvalue weighted by Gasteiger charge is -2.42. The molecule has 2 N–H and O–H groups in total. The Bertz CT molecular complexity index is 858. The van der Waals surface area contributed by atoms with Gasteiger partial charge in [-0.3, -0.25) is 4.79 Å². The largest absolute Gasteiger partial charge is 0.365 e. The molecule has 3 unspecified atom stereocenters. The van der Waals surface area contributed by atoms with Crippen molar-refractivity contribution in [2.45, 2.75) is 38.4 Å². The SMILES string of the molecule is Cc1cccc(N2CCN(C(=O)C3CC(c4ccccc4Cl)NN3)CC2C)c1. The van der Waals surface area contributed by atoms with Crippen molar-refractivity contribution < 1.29 is 4.79 Å². The van der Waals surface area contributed by atoms with Gasteiger partial charge in [0.15, 0.2) is 0 Å². The molecule has 148 valence electrons. The van der Waals surface area contributed by atoms with Gasteiger partial charge >= 0.3 is 0 Å². The van der Waals surface area contributed by atoms with Crippen LogP contribution < -0.4 is 15.8 Å². The molecule has 0 spiro atoms. The average Bonchev–Trinajstić information content (AvgIpc) is 3.17. The van der Waals surface area contributed by atoms with Crippen molar-refractivity contribution in [3.05, 3.63) is 64.7 Å². The van der Waals surface area contributed by atoms with Gasteiger partial charge in [0.25, 0.3) is 0 Å². The summed E-state index contributed by atoms with van der Waals surface area (Å²) in [7, 11) is 0. The van der Waals surface area contributed by atoms with E-state index in [4.69, 9.17) is 11.6 Å². The predicted molar refractivity (Wildman–Crippen MR) is 113 cm³/mol. The zero-order chi connectivity index (χ0) is 19.7. The highest BCUT2D eigenvalue weighted by atomic mass is 35.5. The minimum atomic E-state index is -0.223. The molecule has 28 heavy (non-hydrogen) atoms. The maximum Gasteiger partial charge on any atom is 0.241 e. The highest BCUT2D eigenvalue weighted by Gasteiger charge is 2.36. The zero-order valence-corrected chi connectivity index (χ0v) is 17.1. The van der Waals surface area contributed by atoms with Crippen molar-refractivity contribution in [3.8, 4) is 0 Å². The van der Waals surface area contributed by atoms with Crippen LogP contribution in [0.3, 0.4) is 0 Å². The van der Waals surface area contributed by atoms with Crippen LogP contribution in [0.5, 0.6) is 0 Å². The maximum atomic E-state index is 13.1. The van der Waals surface area contributed by atoms with Crippen LogP contribution in [-0.2, 0) is 4.79 Å². The lowest BCUT2D eigenvalue weighted by Crippen LogP contribution is -2.57. The Hall–Kier alpha value is -2.08. The van der Waals surface area contributed by atoms with Crippen molar-refractivity contribution in [1.82, 2.24) is 15.8 Å². The molecule has 4 rings (SSSR count). The van der Waals surface area contributed by atoms with Crippen molar-refractivity contribution in [2.24, 2.45) is 0 Å². The molecule has 0 aromatic heterocycles. The Morgan fingerprint density at radius 3 is 2.68 bits per heavy atom. The first-order valence-corrected chi connectivity index (χ1v) is 10.3. The van der Waals surface area contributed by atoms with Gasteiger partial charge in [0, 0.05) is 42.4 Å². The quantitative estimate of drug-likeness (QED) is 0.832. The molecule has 2 aliphatic rings. The fourth-order valence-corrected chi connectivity index (χ4v) is 4.52. The molecule has 2 aromatic rings. The fourth-order valence-electron chi connectivity index (χ4n) is 4.25. The van der Waals surface area contributed by atoms with Gasteiger partial charge in [0.2, 0.25) is 5.91 Å². The van der Waals surface area contributed by atoms with Crippen LogP contribution in [0.1, 0.15) is 30.5 Å². The molecule has 2 saturated heterocycles. The first-order valence-electron chi connectivity index (χ1n) is 9.90. The number of carbonyl (C=O) groups is 1. The van der Waals surface area contributed by atoms with Crippen molar-refractivity contribution in [2.75, 3.05) is 24.5 Å². The number of amides is 1. The molecular weight excluding hydrogens is 372 g/mol. The van der Waals surface area contributed by atoms with Gasteiger partial charge < -0.3 is 9.80 Å². The summed E-state index contributed by atoms with van der Waals surface area (Å²) >= 11 is 6.32. The van der Waals surface area contributed by atoms with E-state index in [-0.39, 0.29) is 24.0 Å². The monoisotopic (exact) mass is 398 g/mol. The van der Waals surface area contributed by atoms with E-state index in [1.165, 1.54) is 11.3 Å². The van der Waals surface area contributed by atoms with E-state index < -0.39 is 0 Å². The second-order valence-electron chi connectivity index (χ2n) is 7.82. The number of carbonyl (C=O) groups excluding carboxylic acids is 1. The average molecular weight is 399 g/mol. The maximum absolute atomic E-state index is 13.1. The molecule has 3 atom stereocenters. The van der Waals surface area contributed by atoms with Crippen LogP contribution in [-0.4, -0.2) is 42.5 Å². The number of hydrogen-bond donors (Lipinski definition) is 2. The fraction of sp³-hybridized carbons (Fsp3) is 0.409. The van der Waals surface area contributed by atoms with Crippen LogP contribution in [0, 0.1) is 6.92 Å². The van der Waals surface area contributed by atoms with Gasteiger partial charge in [-0.05, 0) is 49.6 Å². The first-order chi connectivity index (χ1) is 13.5. The van der Waals surface area contributed by atoms with Gasteiger partial charge in [-0.1, -0.05) is 41.9 Å².